The molecule has 1 aromatic carbocycles. The van der Waals surface area contributed by atoms with Crippen molar-refractivity contribution in [3.8, 4) is 0 Å². The van der Waals surface area contributed by atoms with E-state index in [-0.39, 0.29) is 5.75 Å². The highest BCUT2D eigenvalue weighted by Gasteiger charge is 1.92. The average molecular weight is 213 g/mol. The van der Waals surface area contributed by atoms with Crippen molar-refractivity contribution in [1.29, 1.82) is 0 Å². The van der Waals surface area contributed by atoms with Crippen molar-refractivity contribution in [1.82, 2.24) is 0 Å². The molecule has 0 aromatic heterocycles. The maximum absolute atomic E-state index is 10.2. The fourth-order valence-electron chi connectivity index (χ4n) is 1.04. The minimum Gasteiger partial charge on any atom is -0.772 e. The van der Waals surface area contributed by atoms with Crippen LogP contribution in [0.1, 0.15) is 5.56 Å². The Morgan fingerprint density at radius 3 is 2.50 bits per heavy atom. The van der Waals surface area contributed by atoms with E-state index in [1.807, 2.05) is 24.3 Å². The molecule has 0 spiro atoms. The molecular formula is C9H13N2O2S-. The molecule has 0 heterocycles. The van der Waals surface area contributed by atoms with Gasteiger partial charge in [0.05, 0.1) is 0 Å². The predicted molar refractivity (Wildman–Crippen MR) is 56.6 cm³/mol. The Morgan fingerprint density at radius 1 is 1.36 bits per heavy atom. The number of hydrogen-bond acceptors (Lipinski definition) is 4. The number of anilines is 1. The van der Waals surface area contributed by atoms with Crippen LogP contribution in [-0.4, -0.2) is 21.1 Å². The number of rotatable bonds is 5. The standard InChI is InChI=1S/C9H14N2O2S/c10-7-8-1-3-9(4-2-8)11-5-6-14(12)13/h1-4,11H,5-7,10H2,(H,12,13)/p-1. The summed E-state index contributed by atoms with van der Waals surface area (Å²) in [4.78, 5) is 0. The van der Waals surface area contributed by atoms with Gasteiger partial charge in [-0.1, -0.05) is 23.2 Å². The van der Waals surface area contributed by atoms with E-state index in [1.54, 1.807) is 0 Å². The molecule has 0 radical (unpaired) electrons. The van der Waals surface area contributed by atoms with E-state index in [0.717, 1.165) is 11.3 Å². The Labute approximate surface area is 85.8 Å². The smallest absolute Gasteiger partial charge is 0.0340 e. The number of nitrogens with one attached hydrogen (secondary N) is 1. The predicted octanol–water partition coefficient (Wildman–Crippen LogP) is 0.436. The Bertz CT molecular complexity index is 300. The Balaban J connectivity index is 2.40. The SMILES string of the molecule is NCc1ccc(NCCS(=O)[O-])cc1. The zero-order valence-corrected chi connectivity index (χ0v) is 8.55. The highest BCUT2D eigenvalue weighted by Crippen LogP contribution is 2.08. The van der Waals surface area contributed by atoms with E-state index < -0.39 is 11.1 Å². The largest absolute Gasteiger partial charge is 0.772 e. The summed E-state index contributed by atoms with van der Waals surface area (Å²) in [6.45, 7) is 0.947. The normalized spacial score (nSPS) is 12.4. The first-order chi connectivity index (χ1) is 6.72. The highest BCUT2D eigenvalue weighted by atomic mass is 32.2. The van der Waals surface area contributed by atoms with E-state index in [1.165, 1.54) is 0 Å². The molecule has 5 heteroatoms. The Hall–Kier alpha value is -0.910. The first-order valence-corrected chi connectivity index (χ1v) is 5.55. The van der Waals surface area contributed by atoms with Gasteiger partial charge in [-0.3, -0.25) is 4.21 Å². The van der Waals surface area contributed by atoms with E-state index in [2.05, 4.69) is 5.32 Å². The molecule has 3 N–H and O–H groups in total. The molecule has 0 aliphatic carbocycles. The lowest BCUT2D eigenvalue weighted by molar-refractivity contribution is 0.537. The van der Waals surface area contributed by atoms with E-state index in [4.69, 9.17) is 5.73 Å². The van der Waals surface area contributed by atoms with Crippen molar-refractivity contribution < 1.29 is 8.76 Å². The van der Waals surface area contributed by atoms with Gasteiger partial charge in [-0.15, -0.1) is 0 Å². The quantitative estimate of drug-likeness (QED) is 0.695. The molecule has 1 rings (SSSR count). The van der Waals surface area contributed by atoms with Crippen molar-refractivity contribution in [2.75, 3.05) is 17.6 Å². The minimum atomic E-state index is -1.98. The second kappa shape index (κ2) is 5.74. The monoisotopic (exact) mass is 213 g/mol. The third-order valence-electron chi connectivity index (χ3n) is 1.79. The van der Waals surface area contributed by atoms with Gasteiger partial charge < -0.3 is 15.6 Å². The minimum absolute atomic E-state index is 0.124. The third-order valence-corrected chi connectivity index (χ3v) is 2.32. The molecule has 0 amide bonds. The number of hydrogen-bond donors (Lipinski definition) is 2. The van der Waals surface area contributed by atoms with Crippen LogP contribution in [0.4, 0.5) is 5.69 Å². The lowest BCUT2D eigenvalue weighted by Gasteiger charge is -2.08. The van der Waals surface area contributed by atoms with E-state index >= 15 is 0 Å². The first-order valence-electron chi connectivity index (χ1n) is 4.31. The maximum Gasteiger partial charge on any atom is 0.0340 e. The lowest BCUT2D eigenvalue weighted by atomic mass is 10.2. The fourth-order valence-corrected chi connectivity index (χ4v) is 1.31. The molecule has 14 heavy (non-hydrogen) atoms. The van der Waals surface area contributed by atoms with Crippen LogP contribution in [-0.2, 0) is 17.6 Å². The summed E-state index contributed by atoms with van der Waals surface area (Å²) in [7, 11) is 0. The number of nitrogens with two attached hydrogens (primary N) is 1. The summed E-state index contributed by atoms with van der Waals surface area (Å²) >= 11 is -1.98. The summed E-state index contributed by atoms with van der Waals surface area (Å²) in [5, 5.41) is 2.99. The van der Waals surface area contributed by atoms with Crippen LogP contribution in [0.3, 0.4) is 0 Å². The van der Waals surface area contributed by atoms with Crippen molar-refractivity contribution >= 4 is 16.8 Å². The van der Waals surface area contributed by atoms with Gasteiger partial charge in [0.15, 0.2) is 0 Å². The summed E-state index contributed by atoms with van der Waals surface area (Å²) in [5.74, 6) is 0.124. The van der Waals surface area contributed by atoms with Crippen molar-refractivity contribution in [2.24, 2.45) is 5.73 Å². The van der Waals surface area contributed by atoms with Crippen LogP contribution < -0.4 is 11.1 Å². The molecule has 0 saturated carbocycles. The van der Waals surface area contributed by atoms with Gasteiger partial charge in [0.1, 0.15) is 0 Å². The average Bonchev–Trinajstić information content (AvgIpc) is 2.18. The molecule has 0 fully saturated rings. The van der Waals surface area contributed by atoms with Crippen LogP contribution >= 0.6 is 0 Å². The van der Waals surface area contributed by atoms with Crippen LogP contribution in [0.15, 0.2) is 24.3 Å². The zero-order valence-electron chi connectivity index (χ0n) is 7.73. The summed E-state index contributed by atoms with van der Waals surface area (Å²) < 4.78 is 20.5. The van der Waals surface area contributed by atoms with Crippen molar-refractivity contribution in [3.63, 3.8) is 0 Å². The second-order valence-corrected chi connectivity index (χ2v) is 3.85. The Morgan fingerprint density at radius 2 is 2.00 bits per heavy atom. The molecular weight excluding hydrogens is 200 g/mol. The third kappa shape index (κ3) is 3.87. The lowest BCUT2D eigenvalue weighted by Crippen LogP contribution is -2.10. The Kier molecular flexibility index (Phi) is 4.58. The second-order valence-electron chi connectivity index (χ2n) is 2.84. The molecule has 1 atom stereocenters. The van der Waals surface area contributed by atoms with Gasteiger partial charge in [-0.2, -0.15) is 0 Å². The molecule has 1 aromatic rings. The van der Waals surface area contributed by atoms with Crippen molar-refractivity contribution in [3.05, 3.63) is 29.8 Å². The molecule has 78 valence electrons. The van der Waals surface area contributed by atoms with Gasteiger partial charge in [0.25, 0.3) is 0 Å². The van der Waals surface area contributed by atoms with Gasteiger partial charge in [-0.05, 0) is 17.7 Å². The van der Waals surface area contributed by atoms with Crippen molar-refractivity contribution in [2.45, 2.75) is 6.54 Å². The molecule has 0 saturated heterocycles. The summed E-state index contributed by atoms with van der Waals surface area (Å²) in [6, 6.07) is 7.60. The molecule has 1 unspecified atom stereocenters. The van der Waals surface area contributed by atoms with Crippen LogP contribution in [0.5, 0.6) is 0 Å². The molecule has 0 aliphatic heterocycles. The molecule has 0 aliphatic rings. The van der Waals surface area contributed by atoms with Gasteiger partial charge in [-0.25, -0.2) is 0 Å². The van der Waals surface area contributed by atoms with E-state index in [9.17, 15) is 8.76 Å². The summed E-state index contributed by atoms with van der Waals surface area (Å²) in [6.07, 6.45) is 0. The fraction of sp³-hybridized carbons (Fsp3) is 0.333. The maximum atomic E-state index is 10.2. The van der Waals surface area contributed by atoms with Crippen LogP contribution in [0, 0.1) is 0 Å². The first kappa shape index (κ1) is 11.2. The topological polar surface area (TPSA) is 78.2 Å². The van der Waals surface area contributed by atoms with Gasteiger partial charge in [0.2, 0.25) is 0 Å². The molecule has 4 nitrogen and oxygen atoms in total. The van der Waals surface area contributed by atoms with Crippen LogP contribution in [0.25, 0.3) is 0 Å². The highest BCUT2D eigenvalue weighted by molar-refractivity contribution is 7.79. The van der Waals surface area contributed by atoms with Gasteiger partial charge in [0, 0.05) is 24.5 Å². The van der Waals surface area contributed by atoms with Crippen LogP contribution in [0.2, 0.25) is 0 Å². The number of benzene rings is 1. The molecule has 0 bridgehead atoms. The summed E-state index contributed by atoms with van der Waals surface area (Å²) in [5.41, 5.74) is 7.41. The van der Waals surface area contributed by atoms with Gasteiger partial charge >= 0.3 is 0 Å². The zero-order chi connectivity index (χ0) is 10.4. The van der Waals surface area contributed by atoms with E-state index in [0.29, 0.717) is 13.1 Å².